The molecule has 1 aliphatic heterocycles. The van der Waals surface area contributed by atoms with Crippen LogP contribution < -0.4 is 5.73 Å². The van der Waals surface area contributed by atoms with Crippen molar-refractivity contribution in [2.45, 2.75) is 32.2 Å². The Hall–Kier alpha value is -1.70. The Morgan fingerprint density at radius 1 is 1.45 bits per heavy atom. The number of aliphatic hydroxyl groups excluding tert-OH is 2. The van der Waals surface area contributed by atoms with E-state index in [-0.39, 0.29) is 12.7 Å². The van der Waals surface area contributed by atoms with E-state index < -0.39 is 17.6 Å². The number of ether oxygens (including phenoxy) is 1. The summed E-state index contributed by atoms with van der Waals surface area (Å²) in [6.07, 6.45) is -0.346. The fraction of sp³-hybridized carbons (Fsp3) is 0.538. The molecule has 20 heavy (non-hydrogen) atoms. The van der Waals surface area contributed by atoms with E-state index in [1.54, 1.807) is 4.52 Å². The van der Waals surface area contributed by atoms with Gasteiger partial charge in [-0.2, -0.15) is 5.10 Å². The van der Waals surface area contributed by atoms with Crippen LogP contribution in [0.2, 0.25) is 0 Å². The molecule has 2 aromatic rings. The predicted octanol–water partition coefficient (Wildman–Crippen LogP) is 0.131. The van der Waals surface area contributed by atoms with Crippen molar-refractivity contribution in [3.05, 3.63) is 24.2 Å². The highest BCUT2D eigenvalue weighted by Crippen LogP contribution is 2.47. The van der Waals surface area contributed by atoms with Gasteiger partial charge in [0.1, 0.15) is 24.1 Å². The molecule has 0 spiro atoms. The summed E-state index contributed by atoms with van der Waals surface area (Å²) in [5.74, 6) is 0.390. The molecule has 0 aromatic carbocycles. The third-order valence-electron chi connectivity index (χ3n) is 4.06. The van der Waals surface area contributed by atoms with E-state index in [1.807, 2.05) is 26.0 Å². The van der Waals surface area contributed by atoms with Crippen LogP contribution in [0.25, 0.3) is 5.52 Å². The number of hydrogen-bond donors (Lipinski definition) is 3. The van der Waals surface area contributed by atoms with Gasteiger partial charge in [0.15, 0.2) is 5.82 Å². The van der Waals surface area contributed by atoms with Crippen molar-refractivity contribution in [3.63, 3.8) is 0 Å². The lowest BCUT2D eigenvalue weighted by atomic mass is 9.80. The van der Waals surface area contributed by atoms with Crippen LogP contribution in [0, 0.1) is 5.41 Å². The van der Waals surface area contributed by atoms with E-state index in [9.17, 15) is 10.2 Å². The highest BCUT2D eigenvalue weighted by Gasteiger charge is 2.51. The highest BCUT2D eigenvalue weighted by molar-refractivity contribution is 5.65. The molecule has 0 saturated carbocycles. The molecule has 0 aliphatic carbocycles. The van der Waals surface area contributed by atoms with Gasteiger partial charge >= 0.3 is 0 Å². The maximum atomic E-state index is 10.3. The van der Waals surface area contributed by atoms with Crippen molar-refractivity contribution in [3.8, 4) is 0 Å². The Morgan fingerprint density at radius 2 is 2.20 bits per heavy atom. The molecule has 0 radical (unpaired) electrons. The molecular formula is C13H18N4O3. The number of hydrogen-bond acceptors (Lipinski definition) is 6. The third-order valence-corrected chi connectivity index (χ3v) is 4.06. The Kier molecular flexibility index (Phi) is 2.93. The van der Waals surface area contributed by atoms with Crippen LogP contribution in [-0.4, -0.2) is 43.6 Å². The van der Waals surface area contributed by atoms with Crippen LogP contribution in [-0.2, 0) is 4.74 Å². The molecule has 3 atom stereocenters. The molecule has 7 heteroatoms. The summed E-state index contributed by atoms with van der Waals surface area (Å²) in [5, 5.41) is 23.8. The zero-order valence-electron chi connectivity index (χ0n) is 11.4. The molecule has 0 amide bonds. The summed E-state index contributed by atoms with van der Waals surface area (Å²) >= 11 is 0. The van der Waals surface area contributed by atoms with Gasteiger partial charge in [0, 0.05) is 5.41 Å². The minimum atomic E-state index is -0.748. The van der Waals surface area contributed by atoms with E-state index in [4.69, 9.17) is 10.5 Å². The molecule has 1 saturated heterocycles. The second kappa shape index (κ2) is 4.41. The Balaban J connectivity index is 2.10. The second-order valence-electron chi connectivity index (χ2n) is 5.70. The zero-order valence-corrected chi connectivity index (χ0v) is 11.4. The van der Waals surface area contributed by atoms with Crippen molar-refractivity contribution >= 4 is 11.3 Å². The van der Waals surface area contributed by atoms with Gasteiger partial charge in [-0.05, 0) is 12.1 Å². The van der Waals surface area contributed by atoms with Crippen LogP contribution in [0.4, 0.5) is 5.82 Å². The van der Waals surface area contributed by atoms with Gasteiger partial charge in [0.2, 0.25) is 0 Å². The van der Waals surface area contributed by atoms with E-state index >= 15 is 0 Å². The Labute approximate surface area is 116 Å². The lowest BCUT2D eigenvalue weighted by Crippen LogP contribution is -2.35. The van der Waals surface area contributed by atoms with Gasteiger partial charge in [0.25, 0.3) is 0 Å². The summed E-state index contributed by atoms with van der Waals surface area (Å²) in [5.41, 5.74) is 6.76. The minimum absolute atomic E-state index is 0.221. The highest BCUT2D eigenvalue weighted by atomic mass is 16.5. The first-order valence-electron chi connectivity index (χ1n) is 6.49. The second-order valence-corrected chi connectivity index (χ2v) is 5.70. The van der Waals surface area contributed by atoms with Gasteiger partial charge in [0.05, 0.1) is 18.4 Å². The largest absolute Gasteiger partial charge is 0.394 e. The van der Waals surface area contributed by atoms with Crippen molar-refractivity contribution in [1.29, 1.82) is 0 Å². The van der Waals surface area contributed by atoms with Gasteiger partial charge < -0.3 is 20.7 Å². The van der Waals surface area contributed by atoms with Crippen LogP contribution in [0.1, 0.15) is 25.6 Å². The Morgan fingerprint density at radius 3 is 2.85 bits per heavy atom. The molecule has 2 aromatic heterocycles. The molecule has 0 bridgehead atoms. The number of anilines is 1. The first kappa shape index (κ1) is 13.3. The number of nitrogens with two attached hydrogens (primary N) is 1. The maximum Gasteiger partial charge on any atom is 0.151 e. The summed E-state index contributed by atoms with van der Waals surface area (Å²) in [7, 11) is 0. The molecule has 108 valence electrons. The number of nitrogens with zero attached hydrogens (tertiary/aromatic N) is 3. The molecule has 7 nitrogen and oxygen atoms in total. The number of aromatic nitrogens is 3. The smallest absolute Gasteiger partial charge is 0.151 e. The van der Waals surface area contributed by atoms with Crippen molar-refractivity contribution in [1.82, 2.24) is 14.6 Å². The van der Waals surface area contributed by atoms with Gasteiger partial charge in [-0.25, -0.2) is 9.50 Å². The van der Waals surface area contributed by atoms with Crippen molar-refractivity contribution in [2.24, 2.45) is 5.41 Å². The van der Waals surface area contributed by atoms with Crippen LogP contribution >= 0.6 is 0 Å². The van der Waals surface area contributed by atoms with Crippen LogP contribution in [0.3, 0.4) is 0 Å². The third kappa shape index (κ3) is 1.71. The monoisotopic (exact) mass is 278 g/mol. The van der Waals surface area contributed by atoms with E-state index in [0.29, 0.717) is 11.3 Å². The van der Waals surface area contributed by atoms with E-state index in [2.05, 4.69) is 10.1 Å². The quantitative estimate of drug-likeness (QED) is 0.721. The number of fused-ring (bicyclic) bond motifs is 1. The standard InChI is InChI=1S/C13H18N4O3/c1-13(2)10(19)9(5-18)20-11(13)7-3-4-8-12(14)15-6-16-17(7)8/h3-4,6,9-11,18-19H,5H2,1-2H3,(H2,14,15,16)/t9-,10-,11+/m1/s1. The van der Waals surface area contributed by atoms with Crippen LogP contribution in [0.15, 0.2) is 18.5 Å². The number of rotatable bonds is 2. The first-order chi connectivity index (χ1) is 9.46. The number of nitrogen functional groups attached to an aromatic ring is 1. The molecule has 3 rings (SSSR count). The topological polar surface area (TPSA) is 106 Å². The summed E-state index contributed by atoms with van der Waals surface area (Å²) in [6, 6.07) is 3.68. The SMILES string of the molecule is CC1(C)[C@H](O)[C@@H](CO)O[C@H]1c1ccc2c(N)ncnn12. The summed E-state index contributed by atoms with van der Waals surface area (Å²) in [6.45, 7) is 3.59. The molecular weight excluding hydrogens is 260 g/mol. The van der Waals surface area contributed by atoms with Gasteiger partial charge in [-0.1, -0.05) is 13.8 Å². The summed E-state index contributed by atoms with van der Waals surface area (Å²) in [4.78, 5) is 3.95. The average Bonchev–Trinajstić information content (AvgIpc) is 2.92. The molecule has 4 N–H and O–H groups in total. The fourth-order valence-corrected chi connectivity index (χ4v) is 2.82. The van der Waals surface area contributed by atoms with Crippen molar-refractivity contribution < 1.29 is 14.9 Å². The molecule has 1 fully saturated rings. The molecule has 3 heterocycles. The summed E-state index contributed by atoms with van der Waals surface area (Å²) < 4.78 is 7.48. The molecule has 1 aliphatic rings. The predicted molar refractivity (Wildman–Crippen MR) is 71.9 cm³/mol. The lowest BCUT2D eigenvalue weighted by Gasteiger charge is -2.27. The van der Waals surface area contributed by atoms with Crippen LogP contribution in [0.5, 0.6) is 0 Å². The Bertz CT molecular complexity index is 640. The minimum Gasteiger partial charge on any atom is -0.394 e. The van der Waals surface area contributed by atoms with E-state index in [0.717, 1.165) is 5.69 Å². The number of aliphatic hydroxyl groups is 2. The first-order valence-corrected chi connectivity index (χ1v) is 6.49. The van der Waals surface area contributed by atoms with E-state index in [1.165, 1.54) is 6.33 Å². The zero-order chi connectivity index (χ0) is 14.5. The lowest BCUT2D eigenvalue weighted by molar-refractivity contribution is -0.0242. The van der Waals surface area contributed by atoms with Gasteiger partial charge in [-0.15, -0.1) is 0 Å². The maximum absolute atomic E-state index is 10.3. The molecule has 0 unspecified atom stereocenters. The van der Waals surface area contributed by atoms with Crippen molar-refractivity contribution in [2.75, 3.05) is 12.3 Å². The average molecular weight is 278 g/mol. The van der Waals surface area contributed by atoms with Gasteiger partial charge in [-0.3, -0.25) is 0 Å². The normalized spacial score (nSPS) is 29.1. The fourth-order valence-electron chi connectivity index (χ4n) is 2.82.